The molecular formula is C23H29BrFN5O. The number of carbonyl (C=O) groups excluding carboxylic acids is 1. The number of rotatable bonds is 8. The molecule has 31 heavy (non-hydrogen) atoms. The number of anilines is 2. The van der Waals surface area contributed by atoms with Crippen LogP contribution in [0.25, 0.3) is 0 Å². The maximum Gasteiger partial charge on any atom is 0.259 e. The molecule has 0 bridgehead atoms. The van der Waals surface area contributed by atoms with Crippen LogP contribution in [-0.2, 0) is 0 Å². The highest BCUT2D eigenvalue weighted by atomic mass is 79.9. The molecule has 3 N–H and O–H groups in total. The second-order valence-electron chi connectivity index (χ2n) is 8.73. The Kier molecular flexibility index (Phi) is 6.86. The van der Waals surface area contributed by atoms with Crippen molar-refractivity contribution in [3.8, 4) is 0 Å². The summed E-state index contributed by atoms with van der Waals surface area (Å²) in [5, 5.41) is 9.48. The Hall–Kier alpha value is -2.06. The quantitative estimate of drug-likeness (QED) is 0.459. The van der Waals surface area contributed by atoms with E-state index in [0.29, 0.717) is 21.7 Å². The van der Waals surface area contributed by atoms with E-state index in [-0.39, 0.29) is 5.56 Å². The Morgan fingerprint density at radius 2 is 2.10 bits per heavy atom. The molecule has 1 aliphatic carbocycles. The molecular weight excluding hydrogens is 461 g/mol. The smallest absolute Gasteiger partial charge is 0.259 e. The van der Waals surface area contributed by atoms with Crippen molar-refractivity contribution in [1.82, 2.24) is 15.3 Å². The number of halogens is 2. The average Bonchev–Trinajstić information content (AvgIpc) is 3.48. The lowest BCUT2D eigenvalue weighted by Gasteiger charge is -2.32. The first kappa shape index (κ1) is 22.1. The van der Waals surface area contributed by atoms with Crippen molar-refractivity contribution in [3.05, 3.63) is 45.8 Å². The van der Waals surface area contributed by atoms with Gasteiger partial charge in [0.05, 0.1) is 5.56 Å². The van der Waals surface area contributed by atoms with Gasteiger partial charge in [-0.1, -0.05) is 22.4 Å². The van der Waals surface area contributed by atoms with Crippen molar-refractivity contribution in [2.24, 2.45) is 11.3 Å². The summed E-state index contributed by atoms with van der Waals surface area (Å²) < 4.78 is 14.6. The fourth-order valence-corrected chi connectivity index (χ4v) is 4.88. The summed E-state index contributed by atoms with van der Waals surface area (Å²) in [5.74, 6) is 0.523. The van der Waals surface area contributed by atoms with Gasteiger partial charge in [-0.25, -0.2) is 9.37 Å². The van der Waals surface area contributed by atoms with E-state index < -0.39 is 11.7 Å². The van der Waals surface area contributed by atoms with Gasteiger partial charge < -0.3 is 16.0 Å². The van der Waals surface area contributed by atoms with E-state index in [1.54, 1.807) is 12.1 Å². The normalized spacial score (nSPS) is 19.3. The first-order valence-corrected chi connectivity index (χ1v) is 11.8. The molecule has 2 aliphatic rings. The third kappa shape index (κ3) is 5.60. The topological polar surface area (TPSA) is 78.9 Å². The van der Waals surface area contributed by atoms with Crippen LogP contribution in [0.5, 0.6) is 0 Å². The fourth-order valence-electron chi connectivity index (χ4n) is 4.55. The Morgan fingerprint density at radius 3 is 2.87 bits per heavy atom. The summed E-state index contributed by atoms with van der Waals surface area (Å²) in [5.41, 5.74) is 1.35. The molecule has 1 amide bonds. The lowest BCUT2D eigenvalue weighted by molar-refractivity contribution is 0.102. The highest BCUT2D eigenvalue weighted by molar-refractivity contribution is 9.10. The Bertz CT molecular complexity index is 950. The van der Waals surface area contributed by atoms with E-state index in [1.807, 2.05) is 6.92 Å². The van der Waals surface area contributed by atoms with Gasteiger partial charge in [0.1, 0.15) is 11.6 Å². The molecule has 2 fully saturated rings. The predicted molar refractivity (Wildman–Crippen MR) is 124 cm³/mol. The minimum absolute atomic E-state index is 0.0281. The van der Waals surface area contributed by atoms with Crippen LogP contribution < -0.4 is 16.0 Å². The molecule has 6 nitrogen and oxygen atoms in total. The molecule has 1 aliphatic heterocycles. The maximum atomic E-state index is 14.0. The second kappa shape index (κ2) is 9.61. The highest BCUT2D eigenvalue weighted by Crippen LogP contribution is 2.57. The fraction of sp³-hybridized carbons (Fsp3) is 0.522. The first-order valence-electron chi connectivity index (χ1n) is 11.0. The minimum atomic E-state index is -0.586. The number of piperidine rings is 1. The van der Waals surface area contributed by atoms with Crippen molar-refractivity contribution in [1.29, 1.82) is 0 Å². The lowest BCUT2D eigenvalue weighted by atomic mass is 9.80. The standard InChI is InChI=1S/C23H29BrFN5O/c1-15-12-20(29-21(31)18-6-5-17(24)13-19(18)25)30-22(28-15)27-10-3-2-4-16-14-26-11-9-23(16)7-8-23/h5-6,12-13,16,26H,2-4,7-11,14H2,1H3,(H2,27,28,29,30,31). The molecule has 1 spiro atoms. The van der Waals surface area contributed by atoms with Gasteiger partial charge in [0, 0.05) is 22.8 Å². The van der Waals surface area contributed by atoms with E-state index in [4.69, 9.17) is 0 Å². The van der Waals surface area contributed by atoms with Crippen molar-refractivity contribution >= 4 is 33.6 Å². The number of benzene rings is 1. The third-order valence-corrected chi connectivity index (χ3v) is 6.98. The number of nitrogens with one attached hydrogen (secondary N) is 3. The van der Waals surface area contributed by atoms with Crippen LogP contribution in [0.2, 0.25) is 0 Å². The molecule has 1 atom stereocenters. The van der Waals surface area contributed by atoms with E-state index in [9.17, 15) is 9.18 Å². The first-order chi connectivity index (χ1) is 14.9. The molecule has 2 aromatic rings. The molecule has 8 heteroatoms. The SMILES string of the molecule is Cc1cc(NC(=O)c2ccc(Br)cc2F)nc(NCCCCC2CNCCC23CC3)n1. The largest absolute Gasteiger partial charge is 0.354 e. The number of nitrogens with zero attached hydrogens (tertiary/aromatic N) is 2. The van der Waals surface area contributed by atoms with E-state index in [1.165, 1.54) is 50.8 Å². The van der Waals surface area contributed by atoms with Gasteiger partial charge in [-0.3, -0.25) is 4.79 Å². The summed E-state index contributed by atoms with van der Waals surface area (Å²) in [4.78, 5) is 21.2. The number of hydrogen-bond donors (Lipinski definition) is 3. The molecule has 4 rings (SSSR count). The number of hydrogen-bond acceptors (Lipinski definition) is 5. The van der Waals surface area contributed by atoms with E-state index in [0.717, 1.165) is 31.1 Å². The van der Waals surface area contributed by atoms with Crippen LogP contribution in [-0.4, -0.2) is 35.5 Å². The van der Waals surface area contributed by atoms with Gasteiger partial charge in [0.25, 0.3) is 5.91 Å². The molecule has 0 radical (unpaired) electrons. The lowest BCUT2D eigenvalue weighted by Crippen LogP contribution is -2.37. The monoisotopic (exact) mass is 489 g/mol. The van der Waals surface area contributed by atoms with Crippen LogP contribution in [0, 0.1) is 24.1 Å². The Morgan fingerprint density at radius 1 is 1.26 bits per heavy atom. The molecule has 1 unspecified atom stereocenters. The van der Waals surface area contributed by atoms with Gasteiger partial charge >= 0.3 is 0 Å². The van der Waals surface area contributed by atoms with Crippen molar-refractivity contribution in [3.63, 3.8) is 0 Å². The van der Waals surface area contributed by atoms with Crippen LogP contribution in [0.4, 0.5) is 16.2 Å². The summed E-state index contributed by atoms with van der Waals surface area (Å²) in [6.07, 6.45) is 7.66. The summed E-state index contributed by atoms with van der Waals surface area (Å²) in [6, 6.07) is 6.01. The van der Waals surface area contributed by atoms with Gasteiger partial charge in [-0.05, 0) is 81.6 Å². The molecule has 1 saturated carbocycles. The molecule has 1 aromatic carbocycles. The van der Waals surface area contributed by atoms with Gasteiger partial charge in [-0.2, -0.15) is 4.98 Å². The van der Waals surface area contributed by atoms with Gasteiger partial charge in [0.2, 0.25) is 5.95 Å². The minimum Gasteiger partial charge on any atom is -0.354 e. The van der Waals surface area contributed by atoms with Gasteiger partial charge in [-0.15, -0.1) is 0 Å². The van der Waals surface area contributed by atoms with Gasteiger partial charge in [0.15, 0.2) is 0 Å². The van der Waals surface area contributed by atoms with Crippen molar-refractivity contribution in [2.75, 3.05) is 30.3 Å². The van der Waals surface area contributed by atoms with Crippen molar-refractivity contribution < 1.29 is 9.18 Å². The molecule has 1 aromatic heterocycles. The molecule has 166 valence electrons. The van der Waals surface area contributed by atoms with Crippen LogP contribution in [0.3, 0.4) is 0 Å². The maximum absolute atomic E-state index is 14.0. The Balaban J connectivity index is 1.27. The second-order valence-corrected chi connectivity index (χ2v) is 9.65. The number of unbranched alkanes of at least 4 members (excludes halogenated alkanes) is 1. The highest BCUT2D eigenvalue weighted by Gasteiger charge is 2.49. The predicted octanol–water partition coefficient (Wildman–Crippen LogP) is 4.91. The summed E-state index contributed by atoms with van der Waals surface area (Å²) >= 11 is 3.19. The third-order valence-electron chi connectivity index (χ3n) is 6.48. The average molecular weight is 490 g/mol. The zero-order valence-corrected chi connectivity index (χ0v) is 19.4. The Labute approximate surface area is 191 Å². The van der Waals surface area contributed by atoms with Crippen molar-refractivity contribution in [2.45, 2.75) is 45.4 Å². The zero-order chi connectivity index (χ0) is 21.8. The summed E-state index contributed by atoms with van der Waals surface area (Å²) in [7, 11) is 0. The summed E-state index contributed by atoms with van der Waals surface area (Å²) in [6.45, 7) is 4.96. The van der Waals surface area contributed by atoms with Crippen LogP contribution in [0.1, 0.15) is 54.6 Å². The number of amides is 1. The number of carbonyl (C=O) groups is 1. The molecule has 1 saturated heterocycles. The van der Waals surface area contributed by atoms with Crippen LogP contribution in [0.15, 0.2) is 28.7 Å². The zero-order valence-electron chi connectivity index (χ0n) is 17.8. The number of aromatic nitrogens is 2. The van der Waals surface area contributed by atoms with E-state index in [2.05, 4.69) is 41.8 Å². The van der Waals surface area contributed by atoms with Crippen LogP contribution >= 0.6 is 15.9 Å². The molecule has 2 heterocycles. The number of aryl methyl sites for hydroxylation is 1. The van der Waals surface area contributed by atoms with E-state index >= 15 is 0 Å².